The number of thiophene rings is 1. The van der Waals surface area contributed by atoms with Crippen LogP contribution in [0.1, 0.15) is 42.5 Å². The van der Waals surface area contributed by atoms with Crippen LogP contribution in [0.2, 0.25) is 0 Å². The monoisotopic (exact) mass is 402 g/mol. The summed E-state index contributed by atoms with van der Waals surface area (Å²) < 4.78 is 5.50. The average Bonchev–Trinajstić information content (AvgIpc) is 3.13. The molecular weight excluding hydrogens is 372 g/mol. The molecule has 152 valence electrons. The van der Waals surface area contributed by atoms with Crippen molar-refractivity contribution in [2.45, 2.75) is 57.0 Å². The molecule has 1 atom stereocenters. The predicted molar refractivity (Wildman–Crippen MR) is 112 cm³/mol. The molecule has 0 spiro atoms. The Morgan fingerprint density at radius 2 is 1.96 bits per heavy atom. The van der Waals surface area contributed by atoms with E-state index >= 15 is 0 Å². The van der Waals surface area contributed by atoms with Gasteiger partial charge in [-0.15, -0.1) is 11.3 Å². The van der Waals surface area contributed by atoms with Crippen molar-refractivity contribution in [3.05, 3.63) is 16.8 Å². The molecule has 0 radical (unpaired) electrons. The Hall–Kier alpha value is -1.28. The number of fused-ring (bicyclic) bond motifs is 3. The summed E-state index contributed by atoms with van der Waals surface area (Å²) in [6, 6.07) is 1.20. The molecular formula is C21H30N4O2S. The van der Waals surface area contributed by atoms with Gasteiger partial charge in [0, 0.05) is 36.7 Å². The fourth-order valence-corrected chi connectivity index (χ4v) is 6.35. The van der Waals surface area contributed by atoms with Crippen molar-refractivity contribution in [2.75, 3.05) is 38.2 Å². The van der Waals surface area contributed by atoms with Gasteiger partial charge in [-0.1, -0.05) is 0 Å². The number of nitrogens with zero attached hydrogens (tertiary/aromatic N) is 3. The van der Waals surface area contributed by atoms with E-state index in [0.29, 0.717) is 18.0 Å². The van der Waals surface area contributed by atoms with Crippen molar-refractivity contribution in [3.8, 4) is 0 Å². The number of hydrogen-bond donors (Lipinski definition) is 2. The maximum absolute atomic E-state index is 9.63. The number of aryl methyl sites for hydroxylation is 1. The van der Waals surface area contributed by atoms with E-state index in [4.69, 9.17) is 4.74 Å². The molecule has 5 rings (SSSR count). The number of hydrogen-bond acceptors (Lipinski definition) is 7. The average molecular weight is 403 g/mol. The quantitative estimate of drug-likeness (QED) is 0.820. The zero-order valence-electron chi connectivity index (χ0n) is 16.4. The molecule has 0 amide bonds. The molecule has 2 aromatic rings. The molecule has 1 aliphatic heterocycles. The Balaban J connectivity index is 1.30. The number of nitrogens with one attached hydrogen (secondary N) is 1. The Kier molecular flexibility index (Phi) is 5.50. The summed E-state index contributed by atoms with van der Waals surface area (Å²) in [5, 5.41) is 14.6. The van der Waals surface area contributed by atoms with Crippen molar-refractivity contribution in [1.29, 1.82) is 0 Å². The minimum atomic E-state index is 0.277. The van der Waals surface area contributed by atoms with Crippen LogP contribution in [-0.2, 0) is 17.6 Å². The topological polar surface area (TPSA) is 70.5 Å². The van der Waals surface area contributed by atoms with E-state index in [1.807, 2.05) is 11.3 Å². The Bertz CT molecular complexity index is 812. The molecule has 3 heterocycles. The Morgan fingerprint density at radius 3 is 2.75 bits per heavy atom. The fourth-order valence-electron chi connectivity index (χ4n) is 5.17. The smallest absolute Gasteiger partial charge is 0.138 e. The summed E-state index contributed by atoms with van der Waals surface area (Å²) in [5.74, 6) is 1.39. The molecule has 0 unspecified atom stereocenters. The summed E-state index contributed by atoms with van der Waals surface area (Å²) in [7, 11) is 0. The van der Waals surface area contributed by atoms with E-state index in [1.165, 1.54) is 41.5 Å². The van der Waals surface area contributed by atoms with E-state index in [1.54, 1.807) is 6.33 Å². The second-order valence-electron chi connectivity index (χ2n) is 8.50. The van der Waals surface area contributed by atoms with Crippen LogP contribution < -0.4 is 5.32 Å². The van der Waals surface area contributed by atoms with Crippen molar-refractivity contribution in [1.82, 2.24) is 14.9 Å². The molecule has 28 heavy (non-hydrogen) atoms. The molecule has 3 aliphatic rings. The normalized spacial score (nSPS) is 29.0. The number of ether oxygens (including phenoxy) is 1. The van der Waals surface area contributed by atoms with E-state index in [0.717, 1.165) is 56.2 Å². The van der Waals surface area contributed by atoms with Crippen LogP contribution in [-0.4, -0.2) is 65.0 Å². The third-order valence-electron chi connectivity index (χ3n) is 6.80. The second kappa shape index (κ2) is 8.22. The van der Waals surface area contributed by atoms with E-state index < -0.39 is 0 Å². The van der Waals surface area contributed by atoms with Crippen LogP contribution in [0.25, 0.3) is 10.2 Å². The first kappa shape index (κ1) is 18.7. The lowest BCUT2D eigenvalue weighted by atomic mass is 9.87. The number of aliphatic hydroxyl groups excluding tert-OH is 1. The van der Waals surface area contributed by atoms with Crippen LogP contribution >= 0.6 is 11.3 Å². The van der Waals surface area contributed by atoms with Gasteiger partial charge in [0.15, 0.2) is 0 Å². The van der Waals surface area contributed by atoms with Gasteiger partial charge in [0.25, 0.3) is 0 Å². The van der Waals surface area contributed by atoms with Gasteiger partial charge in [0.1, 0.15) is 17.0 Å². The van der Waals surface area contributed by atoms with Gasteiger partial charge in [-0.3, -0.25) is 4.90 Å². The highest BCUT2D eigenvalue weighted by Gasteiger charge is 2.29. The highest BCUT2D eigenvalue weighted by atomic mass is 32.1. The zero-order chi connectivity index (χ0) is 18.9. The second-order valence-corrected chi connectivity index (χ2v) is 9.58. The Morgan fingerprint density at radius 1 is 1.14 bits per heavy atom. The molecule has 0 bridgehead atoms. The molecule has 2 fully saturated rings. The summed E-state index contributed by atoms with van der Waals surface area (Å²) >= 11 is 1.82. The van der Waals surface area contributed by atoms with Crippen LogP contribution in [0.5, 0.6) is 0 Å². The summed E-state index contributed by atoms with van der Waals surface area (Å²) in [4.78, 5) is 14.3. The number of aromatic nitrogens is 2. The number of rotatable bonds is 4. The number of anilines is 1. The number of aliphatic hydroxyl groups is 1. The fraction of sp³-hybridized carbons (Fsp3) is 0.714. The lowest BCUT2D eigenvalue weighted by molar-refractivity contribution is 0.00791. The van der Waals surface area contributed by atoms with Crippen LogP contribution in [0.3, 0.4) is 0 Å². The molecule has 2 aromatic heterocycles. The molecule has 0 aromatic carbocycles. The van der Waals surface area contributed by atoms with Gasteiger partial charge in [-0.25, -0.2) is 9.97 Å². The summed E-state index contributed by atoms with van der Waals surface area (Å²) in [6.07, 6.45) is 9.69. The maximum atomic E-state index is 9.63. The highest BCUT2D eigenvalue weighted by molar-refractivity contribution is 7.19. The van der Waals surface area contributed by atoms with Gasteiger partial charge >= 0.3 is 0 Å². The summed E-state index contributed by atoms with van der Waals surface area (Å²) in [5.41, 5.74) is 1.38. The van der Waals surface area contributed by atoms with Crippen molar-refractivity contribution < 1.29 is 9.84 Å². The minimum Gasteiger partial charge on any atom is -0.396 e. The van der Waals surface area contributed by atoms with Crippen LogP contribution in [0, 0.1) is 5.92 Å². The van der Waals surface area contributed by atoms with Gasteiger partial charge in [-0.2, -0.15) is 0 Å². The molecule has 7 heteroatoms. The van der Waals surface area contributed by atoms with E-state index in [-0.39, 0.29) is 6.61 Å². The van der Waals surface area contributed by atoms with Gasteiger partial charge in [0.05, 0.1) is 18.6 Å². The summed E-state index contributed by atoms with van der Waals surface area (Å²) in [6.45, 7) is 4.22. The van der Waals surface area contributed by atoms with Crippen LogP contribution in [0.4, 0.5) is 5.82 Å². The highest BCUT2D eigenvalue weighted by Crippen LogP contribution is 2.40. The predicted octanol–water partition coefficient (Wildman–Crippen LogP) is 2.84. The van der Waals surface area contributed by atoms with Gasteiger partial charge in [0.2, 0.25) is 0 Å². The maximum Gasteiger partial charge on any atom is 0.138 e. The lowest BCUT2D eigenvalue weighted by Gasteiger charge is -2.39. The minimum absolute atomic E-state index is 0.277. The number of morpholine rings is 1. The Labute approximate surface area is 170 Å². The third kappa shape index (κ3) is 3.65. The van der Waals surface area contributed by atoms with Crippen molar-refractivity contribution in [2.24, 2.45) is 5.92 Å². The van der Waals surface area contributed by atoms with Crippen molar-refractivity contribution >= 4 is 27.4 Å². The zero-order valence-corrected chi connectivity index (χ0v) is 17.2. The van der Waals surface area contributed by atoms with Gasteiger partial charge in [-0.05, 0) is 56.4 Å². The van der Waals surface area contributed by atoms with Gasteiger partial charge < -0.3 is 15.2 Å². The molecule has 6 nitrogen and oxygen atoms in total. The van der Waals surface area contributed by atoms with Crippen LogP contribution in [0.15, 0.2) is 6.33 Å². The standard InChI is InChI=1S/C21H30N4O2S/c26-12-14-1-6-18-17(11-14)19-20(22-13-23-21(19)28-18)24-15-2-4-16(5-3-15)25-7-9-27-10-8-25/h13-16,26H,1-12H2,(H,22,23,24)/t14-,15?,16?/m0/s1. The lowest BCUT2D eigenvalue weighted by Crippen LogP contribution is -2.46. The first-order valence-corrected chi connectivity index (χ1v) is 11.6. The van der Waals surface area contributed by atoms with E-state index in [2.05, 4.69) is 20.2 Å². The molecule has 2 N–H and O–H groups in total. The largest absolute Gasteiger partial charge is 0.396 e. The first-order valence-electron chi connectivity index (χ1n) is 10.8. The molecule has 2 aliphatic carbocycles. The molecule has 1 saturated carbocycles. The van der Waals surface area contributed by atoms with Crippen molar-refractivity contribution in [3.63, 3.8) is 0 Å². The van der Waals surface area contributed by atoms with E-state index in [9.17, 15) is 5.11 Å². The molecule has 1 saturated heterocycles. The SMILES string of the molecule is OC[C@H]1CCc2sc3ncnc(NC4CCC(N5CCOCC5)CC4)c3c2C1. The first-order chi connectivity index (χ1) is 13.8. The third-order valence-corrected chi connectivity index (χ3v) is 8.00.